The summed E-state index contributed by atoms with van der Waals surface area (Å²) in [6.07, 6.45) is 2.44. The molecule has 0 N–H and O–H groups in total. The van der Waals surface area contributed by atoms with E-state index in [4.69, 9.17) is 9.47 Å². The number of para-hydroxylation sites is 1. The molecule has 1 atom stereocenters. The highest BCUT2D eigenvalue weighted by molar-refractivity contribution is 5.81. The fourth-order valence-corrected chi connectivity index (χ4v) is 4.50. The number of carbonyl (C=O) groups excluding carboxylic acids is 2. The molecular formula is C25H30N2O4. The zero-order valence-electron chi connectivity index (χ0n) is 18.0. The number of rotatable bonds is 6. The maximum Gasteiger partial charge on any atom is 0.260 e. The molecule has 4 rings (SSSR count). The number of amides is 2. The minimum absolute atomic E-state index is 0.00806. The Labute approximate surface area is 183 Å². The normalized spacial score (nSPS) is 19.3. The zero-order chi connectivity index (χ0) is 21.6. The van der Waals surface area contributed by atoms with Crippen molar-refractivity contribution in [1.82, 2.24) is 9.80 Å². The summed E-state index contributed by atoms with van der Waals surface area (Å²) in [5.41, 5.74) is 1.26. The lowest BCUT2D eigenvalue weighted by atomic mass is 9.95. The highest BCUT2D eigenvalue weighted by atomic mass is 16.5. The van der Waals surface area contributed by atoms with Crippen molar-refractivity contribution >= 4 is 11.8 Å². The van der Waals surface area contributed by atoms with Gasteiger partial charge in [-0.05, 0) is 49.1 Å². The van der Waals surface area contributed by atoms with Gasteiger partial charge in [-0.3, -0.25) is 9.59 Å². The Morgan fingerprint density at radius 1 is 0.871 bits per heavy atom. The maximum atomic E-state index is 13.0. The predicted molar refractivity (Wildman–Crippen MR) is 118 cm³/mol. The van der Waals surface area contributed by atoms with Crippen molar-refractivity contribution in [2.45, 2.75) is 25.2 Å². The van der Waals surface area contributed by atoms with Crippen LogP contribution < -0.4 is 9.47 Å². The first-order valence-corrected chi connectivity index (χ1v) is 11.0. The van der Waals surface area contributed by atoms with Crippen LogP contribution in [-0.2, 0) is 9.59 Å². The fraction of sp³-hybridized carbons (Fsp3) is 0.440. The van der Waals surface area contributed by atoms with Crippen LogP contribution >= 0.6 is 0 Å². The molecule has 0 spiro atoms. The molecule has 2 fully saturated rings. The largest absolute Gasteiger partial charge is 0.497 e. The number of nitrogens with zero attached hydrogens (tertiary/aromatic N) is 2. The number of hydrogen-bond donors (Lipinski definition) is 0. The molecule has 1 unspecified atom stereocenters. The second-order valence-electron chi connectivity index (χ2n) is 8.30. The number of likely N-dealkylation sites (tertiary alicyclic amines) is 2. The van der Waals surface area contributed by atoms with Crippen molar-refractivity contribution in [3.05, 3.63) is 60.2 Å². The van der Waals surface area contributed by atoms with Crippen molar-refractivity contribution in [3.8, 4) is 11.5 Å². The van der Waals surface area contributed by atoms with Gasteiger partial charge in [0.2, 0.25) is 5.91 Å². The smallest absolute Gasteiger partial charge is 0.260 e. The van der Waals surface area contributed by atoms with Gasteiger partial charge in [0.05, 0.1) is 7.11 Å². The highest BCUT2D eigenvalue weighted by Gasteiger charge is 2.34. The molecule has 2 aliphatic rings. The second-order valence-corrected chi connectivity index (χ2v) is 8.30. The summed E-state index contributed by atoms with van der Waals surface area (Å²) in [6, 6.07) is 17.5. The Balaban J connectivity index is 1.23. The lowest BCUT2D eigenvalue weighted by Gasteiger charge is -2.33. The summed E-state index contributed by atoms with van der Waals surface area (Å²) in [5.74, 6) is 2.16. The molecule has 2 heterocycles. The summed E-state index contributed by atoms with van der Waals surface area (Å²) in [4.78, 5) is 29.3. The summed E-state index contributed by atoms with van der Waals surface area (Å²) in [6.45, 7) is 2.85. The molecule has 0 bridgehead atoms. The molecular weight excluding hydrogens is 392 g/mol. The average molecular weight is 423 g/mol. The summed E-state index contributed by atoms with van der Waals surface area (Å²) in [7, 11) is 1.67. The molecule has 2 aromatic rings. The average Bonchev–Trinajstić information content (AvgIpc) is 3.33. The summed E-state index contributed by atoms with van der Waals surface area (Å²) in [5, 5.41) is 0. The van der Waals surface area contributed by atoms with Gasteiger partial charge in [-0.25, -0.2) is 0 Å². The van der Waals surface area contributed by atoms with Crippen LogP contribution in [0.2, 0.25) is 0 Å². The summed E-state index contributed by atoms with van der Waals surface area (Å²) < 4.78 is 10.8. The number of hydrogen-bond acceptors (Lipinski definition) is 4. The number of ether oxygens (including phenoxy) is 2. The molecule has 2 amide bonds. The quantitative estimate of drug-likeness (QED) is 0.717. The van der Waals surface area contributed by atoms with Crippen LogP contribution in [0.3, 0.4) is 0 Å². The Morgan fingerprint density at radius 2 is 1.55 bits per heavy atom. The Hall–Kier alpha value is -3.02. The monoisotopic (exact) mass is 422 g/mol. The van der Waals surface area contributed by atoms with Gasteiger partial charge in [-0.1, -0.05) is 30.3 Å². The first-order valence-electron chi connectivity index (χ1n) is 11.0. The Morgan fingerprint density at radius 3 is 2.23 bits per heavy atom. The van der Waals surface area contributed by atoms with Crippen LogP contribution in [0.1, 0.15) is 30.7 Å². The minimum atomic E-state index is -0.0181. The van der Waals surface area contributed by atoms with E-state index >= 15 is 0 Å². The minimum Gasteiger partial charge on any atom is -0.497 e. The van der Waals surface area contributed by atoms with Crippen LogP contribution in [0.15, 0.2) is 54.6 Å². The SMILES string of the molecule is COc1ccc(C2CCN(C(=O)C3CCN(C(=O)COc4ccccc4)CC3)C2)cc1. The van der Waals surface area contributed by atoms with E-state index in [9.17, 15) is 9.59 Å². The van der Waals surface area contributed by atoms with E-state index in [0.717, 1.165) is 38.1 Å². The molecule has 0 aromatic heterocycles. The standard InChI is InChI=1S/C25H30N2O4/c1-30-22-9-7-19(8-10-22)21-13-16-27(17-21)25(29)20-11-14-26(15-12-20)24(28)18-31-23-5-3-2-4-6-23/h2-10,20-21H,11-18H2,1H3. The third-order valence-electron chi connectivity index (χ3n) is 6.39. The lowest BCUT2D eigenvalue weighted by molar-refractivity contribution is -0.141. The lowest BCUT2D eigenvalue weighted by Crippen LogP contribution is -2.45. The number of carbonyl (C=O) groups is 2. The third kappa shape index (κ3) is 5.19. The van der Waals surface area contributed by atoms with Gasteiger partial charge in [-0.15, -0.1) is 0 Å². The van der Waals surface area contributed by atoms with Gasteiger partial charge in [0.1, 0.15) is 11.5 Å². The number of piperidine rings is 1. The molecule has 2 aliphatic heterocycles. The topological polar surface area (TPSA) is 59.1 Å². The predicted octanol–water partition coefficient (Wildman–Crippen LogP) is 3.33. The van der Waals surface area contributed by atoms with E-state index in [0.29, 0.717) is 24.8 Å². The second kappa shape index (κ2) is 9.86. The first-order chi connectivity index (χ1) is 15.1. The van der Waals surface area contributed by atoms with E-state index in [1.807, 2.05) is 52.3 Å². The highest BCUT2D eigenvalue weighted by Crippen LogP contribution is 2.31. The van der Waals surface area contributed by atoms with Gasteiger partial charge in [0.15, 0.2) is 6.61 Å². The first kappa shape index (κ1) is 21.2. The molecule has 0 aliphatic carbocycles. The van der Waals surface area contributed by atoms with Crippen molar-refractivity contribution in [3.63, 3.8) is 0 Å². The molecule has 2 saturated heterocycles. The van der Waals surface area contributed by atoms with Crippen LogP contribution in [0.5, 0.6) is 11.5 Å². The van der Waals surface area contributed by atoms with Gasteiger partial charge >= 0.3 is 0 Å². The number of methoxy groups -OCH3 is 1. The van der Waals surface area contributed by atoms with Crippen LogP contribution in [0.25, 0.3) is 0 Å². The molecule has 6 heteroatoms. The van der Waals surface area contributed by atoms with Gasteiger partial charge in [0.25, 0.3) is 5.91 Å². The summed E-state index contributed by atoms with van der Waals surface area (Å²) >= 11 is 0. The van der Waals surface area contributed by atoms with Crippen molar-refractivity contribution in [1.29, 1.82) is 0 Å². The molecule has 6 nitrogen and oxygen atoms in total. The molecule has 0 saturated carbocycles. The van der Waals surface area contributed by atoms with E-state index in [1.54, 1.807) is 7.11 Å². The van der Waals surface area contributed by atoms with Crippen LogP contribution in [0.4, 0.5) is 0 Å². The van der Waals surface area contributed by atoms with Crippen LogP contribution in [-0.4, -0.2) is 61.5 Å². The van der Waals surface area contributed by atoms with Crippen LogP contribution in [0, 0.1) is 5.92 Å². The van der Waals surface area contributed by atoms with Gasteiger partial charge in [-0.2, -0.15) is 0 Å². The van der Waals surface area contributed by atoms with E-state index in [1.165, 1.54) is 5.56 Å². The Bertz CT molecular complexity index is 876. The maximum absolute atomic E-state index is 13.0. The molecule has 31 heavy (non-hydrogen) atoms. The van der Waals surface area contributed by atoms with E-state index < -0.39 is 0 Å². The van der Waals surface area contributed by atoms with Gasteiger partial charge in [0, 0.05) is 38.0 Å². The van der Waals surface area contributed by atoms with E-state index in [-0.39, 0.29) is 24.3 Å². The zero-order valence-corrected chi connectivity index (χ0v) is 18.0. The fourth-order valence-electron chi connectivity index (χ4n) is 4.50. The van der Waals surface area contributed by atoms with E-state index in [2.05, 4.69) is 12.1 Å². The number of benzene rings is 2. The van der Waals surface area contributed by atoms with Crippen molar-refractivity contribution < 1.29 is 19.1 Å². The molecule has 0 radical (unpaired) electrons. The van der Waals surface area contributed by atoms with Crippen molar-refractivity contribution in [2.75, 3.05) is 39.9 Å². The van der Waals surface area contributed by atoms with Gasteiger partial charge < -0.3 is 19.3 Å². The Kier molecular flexibility index (Phi) is 6.75. The molecule has 2 aromatic carbocycles. The molecule has 164 valence electrons. The van der Waals surface area contributed by atoms with Crippen molar-refractivity contribution in [2.24, 2.45) is 5.92 Å². The third-order valence-corrected chi connectivity index (χ3v) is 6.39.